The molecule has 0 aromatic carbocycles. The summed E-state index contributed by atoms with van der Waals surface area (Å²) in [4.78, 5) is 21.2. The largest absolute Gasteiger partial charge is 0.481 e. The van der Waals surface area contributed by atoms with Gasteiger partial charge in [0, 0.05) is 19.3 Å². The van der Waals surface area contributed by atoms with Gasteiger partial charge in [0.15, 0.2) is 6.29 Å². The Hall–Kier alpha value is -1.18. The Morgan fingerprint density at radius 3 is 2.18 bits per heavy atom. The molecule has 0 aliphatic rings. The summed E-state index contributed by atoms with van der Waals surface area (Å²) in [6, 6.07) is 0. The quantitative estimate of drug-likeness (QED) is 0.241. The Morgan fingerprint density at radius 1 is 1.06 bits per heavy atom. The molecule has 0 radical (unpaired) electrons. The molecule has 1 unspecified atom stereocenters. The highest BCUT2D eigenvalue weighted by Gasteiger charge is 2.12. The van der Waals surface area contributed by atoms with Crippen LogP contribution in [0, 0.1) is 0 Å². The number of unbranched alkanes of at least 4 members (excludes halogenated alkanes) is 1. The first-order valence-corrected chi connectivity index (χ1v) is 5.33. The van der Waals surface area contributed by atoms with Crippen LogP contribution in [0.25, 0.3) is 0 Å². The smallest absolute Gasteiger partial charge is 0.305 e. The van der Waals surface area contributed by atoms with Crippen LogP contribution < -0.4 is 0 Å². The van der Waals surface area contributed by atoms with Crippen molar-refractivity contribution >= 4 is 11.9 Å². The molecule has 0 spiro atoms. The highest BCUT2D eigenvalue weighted by molar-refractivity contribution is 5.69. The third-order valence-electron chi connectivity index (χ3n) is 1.94. The summed E-state index contributed by atoms with van der Waals surface area (Å²) in [7, 11) is 0. The Balaban J connectivity index is 3.49. The average Bonchev–Trinajstić information content (AvgIpc) is 2.20. The fourth-order valence-electron chi connectivity index (χ4n) is 1.12. The molecule has 0 fully saturated rings. The molecule has 0 rings (SSSR count). The number of ether oxygens (including phenoxy) is 1. The Kier molecular flexibility index (Phi) is 8.29. The second-order valence-electron chi connectivity index (χ2n) is 3.65. The molecule has 0 saturated heterocycles. The summed E-state index contributed by atoms with van der Waals surface area (Å²) >= 11 is 0. The maximum atomic E-state index is 11.1. The van der Waals surface area contributed by atoms with E-state index in [1.54, 1.807) is 0 Å². The second-order valence-corrected chi connectivity index (χ2v) is 3.65. The maximum absolute atomic E-state index is 11.1. The molecular weight excluding hydrogens is 232 g/mol. The van der Waals surface area contributed by atoms with Gasteiger partial charge in [-0.2, -0.15) is 0 Å². The highest BCUT2D eigenvalue weighted by Crippen LogP contribution is 2.03. The SMILES string of the molecule is O=C(O)CCCCC(=O)OCC(O)CC(O)O. The molecular formula is C10H18O7. The molecule has 0 aliphatic carbocycles. The van der Waals surface area contributed by atoms with Crippen LogP contribution in [0.4, 0.5) is 0 Å². The average molecular weight is 250 g/mol. The number of carbonyl (C=O) groups is 2. The molecule has 0 aromatic heterocycles. The number of aliphatic carboxylic acids is 1. The van der Waals surface area contributed by atoms with E-state index in [1.807, 2.05) is 0 Å². The molecule has 17 heavy (non-hydrogen) atoms. The van der Waals surface area contributed by atoms with Crippen molar-refractivity contribution in [3.8, 4) is 0 Å². The van der Waals surface area contributed by atoms with Crippen LogP contribution >= 0.6 is 0 Å². The zero-order valence-corrected chi connectivity index (χ0v) is 9.41. The van der Waals surface area contributed by atoms with Gasteiger partial charge in [0.2, 0.25) is 0 Å². The van der Waals surface area contributed by atoms with Gasteiger partial charge in [0.05, 0.1) is 6.10 Å². The molecule has 1 atom stereocenters. The standard InChI is InChI=1S/C10H18O7/c11-7(5-9(14)15)6-17-10(16)4-2-1-3-8(12)13/h7,9,11,14-15H,1-6H2,(H,12,13). The van der Waals surface area contributed by atoms with Crippen molar-refractivity contribution in [3.63, 3.8) is 0 Å². The summed E-state index contributed by atoms with van der Waals surface area (Å²) in [5, 5.41) is 34.5. The molecule has 7 nitrogen and oxygen atoms in total. The van der Waals surface area contributed by atoms with Gasteiger partial charge in [-0.15, -0.1) is 0 Å². The van der Waals surface area contributed by atoms with Gasteiger partial charge >= 0.3 is 11.9 Å². The van der Waals surface area contributed by atoms with Crippen LogP contribution in [0.5, 0.6) is 0 Å². The molecule has 7 heteroatoms. The molecule has 0 aromatic rings. The van der Waals surface area contributed by atoms with E-state index >= 15 is 0 Å². The van der Waals surface area contributed by atoms with Crippen molar-refractivity contribution in [1.29, 1.82) is 0 Å². The lowest BCUT2D eigenvalue weighted by Gasteiger charge is -2.12. The van der Waals surface area contributed by atoms with Crippen molar-refractivity contribution in [2.24, 2.45) is 0 Å². The monoisotopic (exact) mass is 250 g/mol. The number of rotatable bonds is 9. The molecule has 4 N–H and O–H groups in total. The zero-order chi connectivity index (χ0) is 13.3. The number of carboxylic acids is 1. The predicted octanol–water partition coefficient (Wildman–Crippen LogP) is -0.764. The molecule has 0 aliphatic heterocycles. The first-order chi connectivity index (χ1) is 7.91. The maximum Gasteiger partial charge on any atom is 0.305 e. The van der Waals surface area contributed by atoms with Crippen molar-refractivity contribution in [2.45, 2.75) is 44.5 Å². The third-order valence-corrected chi connectivity index (χ3v) is 1.94. The van der Waals surface area contributed by atoms with Gasteiger partial charge in [0.25, 0.3) is 0 Å². The van der Waals surface area contributed by atoms with Crippen LogP contribution in [0.1, 0.15) is 32.1 Å². The topological polar surface area (TPSA) is 124 Å². The number of carboxylic acid groups (broad SMARTS) is 1. The normalized spacial score (nSPS) is 12.5. The molecule has 0 heterocycles. The van der Waals surface area contributed by atoms with Crippen molar-refractivity contribution < 1.29 is 34.8 Å². The number of aliphatic hydroxyl groups is 3. The van der Waals surface area contributed by atoms with Gasteiger partial charge in [-0.1, -0.05) is 0 Å². The van der Waals surface area contributed by atoms with Gasteiger partial charge in [0.1, 0.15) is 6.61 Å². The minimum absolute atomic E-state index is 0.00656. The van der Waals surface area contributed by atoms with Crippen LogP contribution in [0.15, 0.2) is 0 Å². The van der Waals surface area contributed by atoms with E-state index in [4.69, 9.17) is 20.4 Å². The lowest BCUT2D eigenvalue weighted by molar-refractivity contribution is -0.149. The van der Waals surface area contributed by atoms with Crippen molar-refractivity contribution in [2.75, 3.05) is 6.61 Å². The molecule has 0 saturated carbocycles. The molecule has 0 amide bonds. The summed E-state index contributed by atoms with van der Waals surface area (Å²) in [5.74, 6) is -1.45. The van der Waals surface area contributed by atoms with E-state index in [-0.39, 0.29) is 25.9 Å². The number of hydrogen-bond donors (Lipinski definition) is 4. The van der Waals surface area contributed by atoms with Gasteiger partial charge in [-0.25, -0.2) is 0 Å². The first-order valence-electron chi connectivity index (χ1n) is 5.33. The van der Waals surface area contributed by atoms with E-state index < -0.39 is 24.3 Å². The van der Waals surface area contributed by atoms with Crippen molar-refractivity contribution in [3.05, 3.63) is 0 Å². The Labute approximate surface area is 98.6 Å². The summed E-state index contributed by atoms with van der Waals surface area (Å²) in [6.45, 7) is -0.296. The highest BCUT2D eigenvalue weighted by atomic mass is 16.5. The predicted molar refractivity (Wildman–Crippen MR) is 55.9 cm³/mol. The van der Waals surface area contributed by atoms with Gasteiger partial charge in [-0.3, -0.25) is 9.59 Å². The van der Waals surface area contributed by atoms with Crippen LogP contribution in [0.2, 0.25) is 0 Å². The molecule has 100 valence electrons. The number of esters is 1. The minimum Gasteiger partial charge on any atom is -0.481 e. The van der Waals surface area contributed by atoms with Gasteiger partial charge < -0.3 is 25.2 Å². The number of aliphatic hydroxyl groups excluding tert-OH is 2. The van der Waals surface area contributed by atoms with E-state index in [0.29, 0.717) is 12.8 Å². The van der Waals surface area contributed by atoms with Crippen LogP contribution in [-0.4, -0.2) is 51.4 Å². The fraction of sp³-hybridized carbons (Fsp3) is 0.800. The summed E-state index contributed by atoms with van der Waals surface area (Å²) < 4.78 is 4.65. The zero-order valence-electron chi connectivity index (χ0n) is 9.41. The molecule has 0 bridgehead atoms. The van der Waals surface area contributed by atoms with Crippen LogP contribution in [-0.2, 0) is 14.3 Å². The lowest BCUT2D eigenvalue weighted by atomic mass is 10.2. The van der Waals surface area contributed by atoms with E-state index in [2.05, 4.69) is 4.74 Å². The summed E-state index contributed by atoms with van der Waals surface area (Å²) in [6.07, 6.45) is -2.15. The van der Waals surface area contributed by atoms with E-state index in [9.17, 15) is 9.59 Å². The van der Waals surface area contributed by atoms with Gasteiger partial charge in [-0.05, 0) is 12.8 Å². The Morgan fingerprint density at radius 2 is 1.65 bits per heavy atom. The lowest BCUT2D eigenvalue weighted by Crippen LogP contribution is -2.23. The van der Waals surface area contributed by atoms with E-state index in [1.165, 1.54) is 0 Å². The summed E-state index contributed by atoms with van der Waals surface area (Å²) in [5.41, 5.74) is 0. The number of hydrogen-bond acceptors (Lipinski definition) is 6. The van der Waals surface area contributed by atoms with Crippen molar-refractivity contribution in [1.82, 2.24) is 0 Å². The minimum atomic E-state index is -1.64. The fourth-order valence-corrected chi connectivity index (χ4v) is 1.12. The van der Waals surface area contributed by atoms with Crippen LogP contribution in [0.3, 0.4) is 0 Å². The third kappa shape index (κ3) is 11.1. The number of carbonyl (C=O) groups excluding carboxylic acids is 1. The second kappa shape index (κ2) is 8.91. The Bertz CT molecular complexity index is 239. The first kappa shape index (κ1) is 15.8. The van der Waals surface area contributed by atoms with E-state index in [0.717, 1.165) is 0 Å².